The predicted molar refractivity (Wildman–Crippen MR) is 131 cm³/mol. The number of carbonyl (C=O) groups excluding carboxylic acids is 3. The standard InChI is InChI=1S/C27H27N3O4/c31-25(29-24-16-8-7-15-23(24)20-10-3-1-4-11-20)19-34-26(32)21-12-9-17-30(18-21)27(33)28-22-13-5-2-6-14-22/h1-8,10-11,13-16,21H,9,12,17-19H2,(H,28,33)(H,29,31)/t21-/m0/s1. The van der Waals surface area contributed by atoms with Crippen LogP contribution in [0.3, 0.4) is 0 Å². The molecule has 4 rings (SSSR count). The van der Waals surface area contributed by atoms with Crippen LogP contribution in [0.2, 0.25) is 0 Å². The molecule has 1 aliphatic heterocycles. The Hall–Kier alpha value is -4.13. The number of para-hydroxylation sites is 2. The summed E-state index contributed by atoms with van der Waals surface area (Å²) in [5.41, 5.74) is 3.21. The Labute approximate surface area is 198 Å². The number of hydrogen-bond donors (Lipinski definition) is 2. The third kappa shape index (κ3) is 6.01. The molecule has 0 unspecified atom stereocenters. The number of urea groups is 1. The van der Waals surface area contributed by atoms with Gasteiger partial charge in [-0.25, -0.2) is 4.79 Å². The minimum atomic E-state index is -0.469. The summed E-state index contributed by atoms with van der Waals surface area (Å²) < 4.78 is 5.30. The lowest BCUT2D eigenvalue weighted by Crippen LogP contribution is -2.45. The number of rotatable bonds is 6. The fourth-order valence-electron chi connectivity index (χ4n) is 3.98. The van der Waals surface area contributed by atoms with E-state index in [2.05, 4.69) is 10.6 Å². The Bertz CT molecular complexity index is 1130. The Morgan fingerprint density at radius 1 is 0.853 bits per heavy atom. The van der Waals surface area contributed by atoms with Gasteiger partial charge in [-0.2, -0.15) is 0 Å². The summed E-state index contributed by atoms with van der Waals surface area (Å²) in [6.45, 7) is 0.448. The molecule has 1 aliphatic rings. The summed E-state index contributed by atoms with van der Waals surface area (Å²) in [6, 6.07) is 26.1. The Morgan fingerprint density at radius 3 is 2.29 bits per heavy atom. The zero-order chi connectivity index (χ0) is 23.8. The van der Waals surface area contributed by atoms with E-state index in [1.807, 2.05) is 84.9 Å². The third-order valence-corrected chi connectivity index (χ3v) is 5.70. The second kappa shape index (κ2) is 11.1. The molecular weight excluding hydrogens is 430 g/mol. The number of benzene rings is 3. The highest BCUT2D eigenvalue weighted by atomic mass is 16.5. The van der Waals surface area contributed by atoms with Crippen molar-refractivity contribution in [2.24, 2.45) is 5.92 Å². The van der Waals surface area contributed by atoms with E-state index in [-0.39, 0.29) is 19.2 Å². The van der Waals surface area contributed by atoms with Gasteiger partial charge in [0, 0.05) is 30.0 Å². The number of nitrogens with zero attached hydrogens (tertiary/aromatic N) is 1. The topological polar surface area (TPSA) is 87.7 Å². The first kappa shape index (κ1) is 23.0. The molecule has 1 fully saturated rings. The highest BCUT2D eigenvalue weighted by Gasteiger charge is 2.30. The molecule has 2 N–H and O–H groups in total. The Balaban J connectivity index is 1.29. The number of piperidine rings is 1. The molecule has 1 saturated heterocycles. The van der Waals surface area contributed by atoms with Gasteiger partial charge in [0.1, 0.15) is 0 Å². The lowest BCUT2D eigenvalue weighted by atomic mass is 9.98. The predicted octanol–water partition coefficient (Wildman–Crippen LogP) is 4.78. The summed E-state index contributed by atoms with van der Waals surface area (Å²) in [4.78, 5) is 39.3. The molecule has 1 atom stereocenters. The Kier molecular flexibility index (Phi) is 7.55. The van der Waals surface area contributed by atoms with Gasteiger partial charge in [0.25, 0.3) is 5.91 Å². The molecule has 0 aromatic heterocycles. The number of nitrogens with one attached hydrogen (secondary N) is 2. The molecule has 3 amide bonds. The van der Waals surface area contributed by atoms with E-state index in [0.717, 1.165) is 11.1 Å². The van der Waals surface area contributed by atoms with E-state index in [1.54, 1.807) is 4.90 Å². The van der Waals surface area contributed by atoms with Crippen molar-refractivity contribution in [1.29, 1.82) is 0 Å². The smallest absolute Gasteiger partial charge is 0.321 e. The fraction of sp³-hybridized carbons (Fsp3) is 0.222. The zero-order valence-electron chi connectivity index (χ0n) is 18.8. The van der Waals surface area contributed by atoms with Crippen LogP contribution in [-0.2, 0) is 14.3 Å². The third-order valence-electron chi connectivity index (χ3n) is 5.70. The van der Waals surface area contributed by atoms with Crippen molar-refractivity contribution in [3.05, 3.63) is 84.9 Å². The lowest BCUT2D eigenvalue weighted by molar-refractivity contribution is -0.152. The second-order valence-corrected chi connectivity index (χ2v) is 8.15. The van der Waals surface area contributed by atoms with Crippen molar-refractivity contribution in [3.8, 4) is 11.1 Å². The van der Waals surface area contributed by atoms with Crippen LogP contribution in [0.1, 0.15) is 12.8 Å². The van der Waals surface area contributed by atoms with Crippen LogP contribution < -0.4 is 10.6 Å². The first-order chi connectivity index (χ1) is 16.6. The van der Waals surface area contributed by atoms with Gasteiger partial charge in [-0.3, -0.25) is 9.59 Å². The molecule has 7 heteroatoms. The van der Waals surface area contributed by atoms with Crippen LogP contribution in [0, 0.1) is 5.92 Å². The van der Waals surface area contributed by atoms with E-state index in [9.17, 15) is 14.4 Å². The molecule has 1 heterocycles. The van der Waals surface area contributed by atoms with Crippen LogP contribution in [-0.4, -0.2) is 42.5 Å². The maximum Gasteiger partial charge on any atom is 0.321 e. The Morgan fingerprint density at radius 2 is 1.53 bits per heavy atom. The first-order valence-corrected chi connectivity index (χ1v) is 11.3. The van der Waals surface area contributed by atoms with Crippen molar-refractivity contribution >= 4 is 29.3 Å². The number of esters is 1. The maximum atomic E-state index is 12.6. The van der Waals surface area contributed by atoms with Gasteiger partial charge in [-0.15, -0.1) is 0 Å². The quantitative estimate of drug-likeness (QED) is 0.522. The average molecular weight is 458 g/mol. The summed E-state index contributed by atoms with van der Waals surface area (Å²) in [6.07, 6.45) is 1.31. The number of amides is 3. The van der Waals surface area contributed by atoms with E-state index in [4.69, 9.17) is 4.74 Å². The van der Waals surface area contributed by atoms with Gasteiger partial charge in [-0.05, 0) is 36.6 Å². The number of likely N-dealkylation sites (tertiary alicyclic amines) is 1. The van der Waals surface area contributed by atoms with E-state index < -0.39 is 17.8 Å². The maximum absolute atomic E-state index is 12.6. The summed E-state index contributed by atoms with van der Waals surface area (Å²) in [7, 11) is 0. The van der Waals surface area contributed by atoms with Gasteiger partial charge >= 0.3 is 12.0 Å². The molecule has 0 bridgehead atoms. The number of anilines is 2. The normalized spacial score (nSPS) is 15.3. The summed E-state index contributed by atoms with van der Waals surface area (Å²) in [5, 5.41) is 5.67. The molecule has 7 nitrogen and oxygen atoms in total. The first-order valence-electron chi connectivity index (χ1n) is 11.3. The van der Waals surface area contributed by atoms with Crippen molar-refractivity contribution in [2.75, 3.05) is 30.3 Å². The highest BCUT2D eigenvalue weighted by Crippen LogP contribution is 2.27. The van der Waals surface area contributed by atoms with Crippen LogP contribution in [0.15, 0.2) is 84.9 Å². The van der Waals surface area contributed by atoms with E-state index in [0.29, 0.717) is 30.8 Å². The lowest BCUT2D eigenvalue weighted by Gasteiger charge is -2.31. The molecule has 0 spiro atoms. The number of ether oxygens (including phenoxy) is 1. The molecular formula is C27H27N3O4. The average Bonchev–Trinajstić information content (AvgIpc) is 2.89. The van der Waals surface area contributed by atoms with Crippen molar-refractivity contribution < 1.29 is 19.1 Å². The molecule has 0 radical (unpaired) electrons. The SMILES string of the molecule is O=C(COC(=O)[C@H]1CCCN(C(=O)Nc2ccccc2)C1)Nc1ccccc1-c1ccccc1. The van der Waals surface area contributed by atoms with Crippen LogP contribution >= 0.6 is 0 Å². The molecule has 174 valence electrons. The second-order valence-electron chi connectivity index (χ2n) is 8.15. The monoisotopic (exact) mass is 457 g/mol. The summed E-state index contributed by atoms with van der Waals surface area (Å²) in [5.74, 6) is -1.34. The molecule has 0 aliphatic carbocycles. The van der Waals surface area contributed by atoms with Crippen LogP contribution in [0.25, 0.3) is 11.1 Å². The van der Waals surface area contributed by atoms with Gasteiger partial charge in [0.15, 0.2) is 6.61 Å². The number of hydrogen-bond acceptors (Lipinski definition) is 4. The van der Waals surface area contributed by atoms with Crippen molar-refractivity contribution in [2.45, 2.75) is 12.8 Å². The number of carbonyl (C=O) groups is 3. The summed E-state index contributed by atoms with van der Waals surface area (Å²) >= 11 is 0. The van der Waals surface area contributed by atoms with E-state index in [1.165, 1.54) is 0 Å². The molecule has 34 heavy (non-hydrogen) atoms. The highest BCUT2D eigenvalue weighted by molar-refractivity contribution is 5.97. The fourth-order valence-corrected chi connectivity index (χ4v) is 3.98. The molecule has 3 aromatic rings. The van der Waals surface area contributed by atoms with Gasteiger partial charge in [0.05, 0.1) is 5.92 Å². The van der Waals surface area contributed by atoms with Gasteiger partial charge < -0.3 is 20.3 Å². The molecule has 0 saturated carbocycles. The van der Waals surface area contributed by atoms with Crippen molar-refractivity contribution in [3.63, 3.8) is 0 Å². The minimum absolute atomic E-state index is 0.251. The molecule has 3 aromatic carbocycles. The van der Waals surface area contributed by atoms with E-state index >= 15 is 0 Å². The zero-order valence-corrected chi connectivity index (χ0v) is 18.8. The minimum Gasteiger partial charge on any atom is -0.455 e. The largest absolute Gasteiger partial charge is 0.455 e. The van der Waals surface area contributed by atoms with Gasteiger partial charge in [-0.1, -0.05) is 66.7 Å². The van der Waals surface area contributed by atoms with Crippen molar-refractivity contribution in [1.82, 2.24) is 4.90 Å². The van der Waals surface area contributed by atoms with Gasteiger partial charge in [0.2, 0.25) is 0 Å². The van der Waals surface area contributed by atoms with Crippen LogP contribution in [0.4, 0.5) is 16.2 Å². The van der Waals surface area contributed by atoms with Crippen LogP contribution in [0.5, 0.6) is 0 Å².